The number of aryl methyl sites for hydroxylation is 1. The van der Waals surface area contributed by atoms with E-state index in [1.165, 1.54) is 11.3 Å². The fourth-order valence-electron chi connectivity index (χ4n) is 2.06. The molecule has 0 saturated heterocycles. The van der Waals surface area contributed by atoms with E-state index < -0.39 is 0 Å². The third kappa shape index (κ3) is 3.86. The number of benzene rings is 1. The van der Waals surface area contributed by atoms with Crippen molar-refractivity contribution in [2.45, 2.75) is 26.3 Å². The van der Waals surface area contributed by atoms with Gasteiger partial charge < -0.3 is 10.1 Å². The Morgan fingerprint density at radius 1 is 1.38 bits per heavy atom. The van der Waals surface area contributed by atoms with Gasteiger partial charge in [0.2, 0.25) is 0 Å². The molecule has 2 aromatic rings. The van der Waals surface area contributed by atoms with Gasteiger partial charge >= 0.3 is 0 Å². The first-order chi connectivity index (χ1) is 10.0. The summed E-state index contributed by atoms with van der Waals surface area (Å²) < 4.78 is 6.16. The number of hydrogen-bond acceptors (Lipinski definition) is 3. The Kier molecular flexibility index (Phi) is 5.42. The summed E-state index contributed by atoms with van der Waals surface area (Å²) in [4.78, 5) is 13.1. The molecular formula is C16H18BrNO2S. The van der Waals surface area contributed by atoms with E-state index in [1.54, 1.807) is 7.11 Å². The molecule has 0 radical (unpaired) electrons. The number of carbonyl (C=O) groups is 1. The second kappa shape index (κ2) is 7.09. The van der Waals surface area contributed by atoms with Crippen molar-refractivity contribution in [2.75, 3.05) is 7.11 Å². The van der Waals surface area contributed by atoms with Crippen LogP contribution >= 0.6 is 27.3 Å². The van der Waals surface area contributed by atoms with Gasteiger partial charge in [-0.3, -0.25) is 4.79 Å². The number of ether oxygens (including phenoxy) is 1. The number of carbonyl (C=O) groups excluding carboxylic acids is 1. The standard InChI is InChI=1S/C16H18BrNO2S/c1-4-13(11-5-7-12(20-3)8-6-11)18-16(19)14-9-10(2)15(17)21-14/h5-9,13H,4H2,1-3H3,(H,18,19). The zero-order chi connectivity index (χ0) is 15.4. The first-order valence-corrected chi connectivity index (χ1v) is 8.36. The van der Waals surface area contributed by atoms with Gasteiger partial charge in [0.05, 0.1) is 21.8 Å². The fraction of sp³-hybridized carbons (Fsp3) is 0.312. The smallest absolute Gasteiger partial charge is 0.261 e. The van der Waals surface area contributed by atoms with Crippen LogP contribution in [0.25, 0.3) is 0 Å². The van der Waals surface area contributed by atoms with E-state index in [9.17, 15) is 4.79 Å². The molecule has 0 aliphatic heterocycles. The monoisotopic (exact) mass is 367 g/mol. The summed E-state index contributed by atoms with van der Waals surface area (Å²) in [6.45, 7) is 4.04. The molecule has 0 fully saturated rings. The summed E-state index contributed by atoms with van der Waals surface area (Å²) in [6, 6.07) is 9.72. The lowest BCUT2D eigenvalue weighted by molar-refractivity contribution is 0.0939. The molecule has 5 heteroatoms. The Bertz CT molecular complexity index is 602. The van der Waals surface area contributed by atoms with Crippen molar-refractivity contribution < 1.29 is 9.53 Å². The third-order valence-electron chi connectivity index (χ3n) is 3.31. The molecule has 112 valence electrons. The van der Waals surface area contributed by atoms with E-state index >= 15 is 0 Å². The van der Waals surface area contributed by atoms with Crippen molar-refractivity contribution in [1.82, 2.24) is 5.32 Å². The van der Waals surface area contributed by atoms with E-state index in [-0.39, 0.29) is 11.9 Å². The van der Waals surface area contributed by atoms with Crippen molar-refractivity contribution in [2.24, 2.45) is 0 Å². The van der Waals surface area contributed by atoms with Crippen LogP contribution in [0.5, 0.6) is 5.75 Å². The molecule has 1 aromatic carbocycles. The quantitative estimate of drug-likeness (QED) is 0.830. The Morgan fingerprint density at radius 3 is 2.52 bits per heavy atom. The first kappa shape index (κ1) is 16.0. The zero-order valence-corrected chi connectivity index (χ0v) is 14.7. The van der Waals surface area contributed by atoms with Gasteiger partial charge in [-0.1, -0.05) is 19.1 Å². The molecule has 1 atom stereocenters. The Balaban J connectivity index is 2.12. The van der Waals surface area contributed by atoms with E-state index in [0.29, 0.717) is 0 Å². The average Bonchev–Trinajstić information content (AvgIpc) is 2.84. The SMILES string of the molecule is CCC(NC(=O)c1cc(C)c(Br)s1)c1ccc(OC)cc1. The highest BCUT2D eigenvalue weighted by Gasteiger charge is 2.16. The maximum Gasteiger partial charge on any atom is 0.261 e. The lowest BCUT2D eigenvalue weighted by Gasteiger charge is -2.17. The molecule has 0 bridgehead atoms. The minimum atomic E-state index is -0.0310. The van der Waals surface area contributed by atoms with Gasteiger partial charge in [-0.05, 0) is 58.6 Å². The summed E-state index contributed by atoms with van der Waals surface area (Å²) >= 11 is 4.91. The molecule has 3 nitrogen and oxygen atoms in total. The van der Waals surface area contributed by atoms with Crippen LogP contribution in [0, 0.1) is 6.92 Å². The number of amides is 1. The van der Waals surface area contributed by atoms with Crippen molar-refractivity contribution in [1.29, 1.82) is 0 Å². The molecule has 0 saturated carbocycles. The highest BCUT2D eigenvalue weighted by molar-refractivity contribution is 9.11. The van der Waals surface area contributed by atoms with Crippen molar-refractivity contribution in [3.05, 3.63) is 50.1 Å². The van der Waals surface area contributed by atoms with Crippen LogP contribution < -0.4 is 10.1 Å². The molecule has 1 amide bonds. The summed E-state index contributed by atoms with van der Waals surface area (Å²) in [5.74, 6) is 0.786. The van der Waals surface area contributed by atoms with Crippen LogP contribution in [0.3, 0.4) is 0 Å². The van der Waals surface area contributed by atoms with Gasteiger partial charge in [0.25, 0.3) is 5.91 Å². The summed E-state index contributed by atoms with van der Waals surface area (Å²) in [5.41, 5.74) is 2.17. The molecule has 1 N–H and O–H groups in total. The van der Waals surface area contributed by atoms with E-state index in [0.717, 1.165) is 32.0 Å². The molecule has 2 rings (SSSR count). The number of nitrogens with one attached hydrogen (secondary N) is 1. The maximum atomic E-state index is 12.3. The molecule has 0 aliphatic rings. The molecule has 1 aromatic heterocycles. The molecule has 0 aliphatic carbocycles. The largest absolute Gasteiger partial charge is 0.497 e. The molecule has 21 heavy (non-hydrogen) atoms. The summed E-state index contributed by atoms with van der Waals surface area (Å²) in [5, 5.41) is 3.09. The Morgan fingerprint density at radius 2 is 2.05 bits per heavy atom. The first-order valence-electron chi connectivity index (χ1n) is 6.76. The number of rotatable bonds is 5. The Hall–Kier alpha value is -1.33. The number of hydrogen-bond donors (Lipinski definition) is 1. The van der Waals surface area contributed by atoms with Crippen molar-refractivity contribution >= 4 is 33.2 Å². The van der Waals surface area contributed by atoms with Crippen LogP contribution in [-0.2, 0) is 0 Å². The molecule has 1 unspecified atom stereocenters. The predicted octanol–water partition coefficient (Wildman–Crippen LogP) is 4.71. The topological polar surface area (TPSA) is 38.3 Å². The highest BCUT2D eigenvalue weighted by atomic mass is 79.9. The molecule has 0 spiro atoms. The van der Waals surface area contributed by atoms with Gasteiger partial charge in [0, 0.05) is 0 Å². The maximum absolute atomic E-state index is 12.3. The van der Waals surface area contributed by atoms with E-state index in [4.69, 9.17) is 4.74 Å². The van der Waals surface area contributed by atoms with E-state index in [2.05, 4.69) is 28.2 Å². The van der Waals surface area contributed by atoms with Crippen LogP contribution in [0.1, 0.15) is 40.2 Å². The van der Waals surface area contributed by atoms with Gasteiger partial charge in [-0.2, -0.15) is 0 Å². The van der Waals surface area contributed by atoms with E-state index in [1.807, 2.05) is 37.3 Å². The lowest BCUT2D eigenvalue weighted by Crippen LogP contribution is -2.27. The molecule has 1 heterocycles. The van der Waals surface area contributed by atoms with Crippen LogP contribution in [-0.4, -0.2) is 13.0 Å². The number of halogens is 1. The van der Waals surface area contributed by atoms with Crippen LogP contribution in [0.15, 0.2) is 34.1 Å². The van der Waals surface area contributed by atoms with Crippen molar-refractivity contribution in [3.8, 4) is 5.75 Å². The summed E-state index contributed by atoms with van der Waals surface area (Å²) in [7, 11) is 1.64. The van der Waals surface area contributed by atoms with Crippen LogP contribution in [0.2, 0.25) is 0 Å². The van der Waals surface area contributed by atoms with Gasteiger partial charge in [0.15, 0.2) is 0 Å². The normalized spacial score (nSPS) is 12.0. The van der Waals surface area contributed by atoms with Crippen LogP contribution in [0.4, 0.5) is 0 Å². The number of thiophene rings is 1. The van der Waals surface area contributed by atoms with Gasteiger partial charge in [-0.15, -0.1) is 11.3 Å². The second-order valence-electron chi connectivity index (χ2n) is 4.77. The minimum absolute atomic E-state index is 0.00425. The fourth-order valence-corrected chi connectivity index (χ4v) is 3.50. The third-order valence-corrected chi connectivity index (χ3v) is 5.45. The average molecular weight is 368 g/mol. The number of methoxy groups -OCH3 is 1. The second-order valence-corrected chi connectivity index (χ2v) is 7.14. The minimum Gasteiger partial charge on any atom is -0.497 e. The highest BCUT2D eigenvalue weighted by Crippen LogP contribution is 2.28. The van der Waals surface area contributed by atoms with Gasteiger partial charge in [0.1, 0.15) is 5.75 Å². The lowest BCUT2D eigenvalue weighted by atomic mass is 10.0. The van der Waals surface area contributed by atoms with Crippen molar-refractivity contribution in [3.63, 3.8) is 0 Å². The van der Waals surface area contributed by atoms with Gasteiger partial charge in [-0.25, -0.2) is 0 Å². The predicted molar refractivity (Wildman–Crippen MR) is 90.2 cm³/mol. The zero-order valence-electron chi connectivity index (χ0n) is 12.3. The molecular weight excluding hydrogens is 350 g/mol. The summed E-state index contributed by atoms with van der Waals surface area (Å²) in [6.07, 6.45) is 0.837. The Labute approximate surface area is 137 Å².